The molecule has 10 heavy (non-hydrogen) atoms. The third-order valence-electron chi connectivity index (χ3n) is 1.98. The Morgan fingerprint density at radius 1 is 1.60 bits per heavy atom. The second-order valence-electron chi connectivity index (χ2n) is 2.68. The molecule has 2 heteroatoms. The van der Waals surface area contributed by atoms with E-state index in [1.807, 2.05) is 12.4 Å². The van der Waals surface area contributed by atoms with Crippen molar-refractivity contribution in [3.63, 3.8) is 0 Å². The van der Waals surface area contributed by atoms with Crippen molar-refractivity contribution in [1.29, 1.82) is 0 Å². The molecule has 0 saturated carbocycles. The Hall–Kier alpha value is -1.05. The number of hydrogen-bond donors (Lipinski definition) is 1. The third-order valence-corrected chi connectivity index (χ3v) is 1.98. The second kappa shape index (κ2) is 1.97. The fraction of sp³-hybridized carbons (Fsp3) is 0.375. The summed E-state index contributed by atoms with van der Waals surface area (Å²) in [7, 11) is 0. The molecule has 0 amide bonds. The summed E-state index contributed by atoms with van der Waals surface area (Å²) < 4.78 is 0. The molecule has 0 fully saturated rings. The maximum Gasteiger partial charge on any atom is 0.0730 e. The Kier molecular flexibility index (Phi) is 1.13. The molecule has 2 heterocycles. The van der Waals surface area contributed by atoms with Crippen molar-refractivity contribution in [1.82, 2.24) is 5.32 Å². The Morgan fingerprint density at radius 2 is 2.50 bits per heavy atom. The average molecular weight is 134 g/mol. The smallest absolute Gasteiger partial charge is 0.0730 e. The molecule has 0 aliphatic carbocycles. The summed E-state index contributed by atoms with van der Waals surface area (Å²) in [6.07, 6.45) is 8.03. The van der Waals surface area contributed by atoms with E-state index in [-0.39, 0.29) is 0 Å². The molecule has 2 aliphatic rings. The van der Waals surface area contributed by atoms with Crippen LogP contribution in [0.3, 0.4) is 0 Å². The van der Waals surface area contributed by atoms with Crippen LogP contribution >= 0.6 is 0 Å². The van der Waals surface area contributed by atoms with Crippen LogP contribution in [0.5, 0.6) is 0 Å². The monoisotopic (exact) mass is 134 g/mol. The van der Waals surface area contributed by atoms with E-state index in [0.29, 0.717) is 12.1 Å². The van der Waals surface area contributed by atoms with Gasteiger partial charge in [0.2, 0.25) is 0 Å². The highest BCUT2D eigenvalue weighted by Crippen LogP contribution is 2.18. The number of nitrogens with zero attached hydrogens (tertiary/aromatic N) is 1. The maximum absolute atomic E-state index is 4.27. The lowest BCUT2D eigenvalue weighted by Gasteiger charge is -2.20. The molecule has 2 aliphatic heterocycles. The van der Waals surface area contributed by atoms with Crippen LogP contribution in [0.15, 0.2) is 28.9 Å². The van der Waals surface area contributed by atoms with E-state index in [9.17, 15) is 0 Å². The summed E-state index contributed by atoms with van der Waals surface area (Å²) in [6, 6.07) is 0.819. The molecule has 1 N–H and O–H groups in total. The third kappa shape index (κ3) is 0.685. The van der Waals surface area contributed by atoms with Gasteiger partial charge in [0.05, 0.1) is 12.1 Å². The van der Waals surface area contributed by atoms with Gasteiger partial charge in [0.15, 0.2) is 0 Å². The molecule has 52 valence electrons. The molecule has 2 nitrogen and oxygen atoms in total. The van der Waals surface area contributed by atoms with Gasteiger partial charge in [0, 0.05) is 6.21 Å². The molecular weight excluding hydrogens is 124 g/mol. The summed E-state index contributed by atoms with van der Waals surface area (Å²) in [5.41, 5.74) is 1.35. The van der Waals surface area contributed by atoms with Gasteiger partial charge in [-0.1, -0.05) is 0 Å². The highest BCUT2D eigenvalue weighted by atomic mass is 15.0. The molecule has 0 aromatic rings. The fourth-order valence-electron chi connectivity index (χ4n) is 1.38. The van der Waals surface area contributed by atoms with Gasteiger partial charge in [0.1, 0.15) is 0 Å². The second-order valence-corrected chi connectivity index (χ2v) is 2.68. The minimum Gasteiger partial charge on any atom is -0.382 e. The minimum atomic E-state index is 0.384. The van der Waals surface area contributed by atoms with E-state index in [0.717, 1.165) is 0 Å². The number of rotatable bonds is 0. The van der Waals surface area contributed by atoms with Crippen LogP contribution in [0.2, 0.25) is 0 Å². The van der Waals surface area contributed by atoms with Crippen molar-refractivity contribution >= 4 is 6.21 Å². The molecule has 2 rings (SSSR count). The van der Waals surface area contributed by atoms with Gasteiger partial charge in [0.25, 0.3) is 0 Å². The number of dihydropyridines is 1. The Bertz CT molecular complexity index is 225. The van der Waals surface area contributed by atoms with Gasteiger partial charge in [-0.2, -0.15) is 0 Å². The van der Waals surface area contributed by atoms with Crippen molar-refractivity contribution in [3.05, 3.63) is 23.9 Å². The largest absolute Gasteiger partial charge is 0.382 e. The molecule has 2 atom stereocenters. The normalized spacial score (nSPS) is 35.1. The SMILES string of the molecule is CC1N=CC=C2C=CNC21. The molecule has 0 aromatic carbocycles. The van der Waals surface area contributed by atoms with Crippen LogP contribution in [0.25, 0.3) is 0 Å². The van der Waals surface area contributed by atoms with Gasteiger partial charge >= 0.3 is 0 Å². The van der Waals surface area contributed by atoms with Gasteiger partial charge in [-0.05, 0) is 30.8 Å². The lowest BCUT2D eigenvalue weighted by atomic mass is 10.0. The Labute approximate surface area is 60.3 Å². The predicted octanol–water partition coefficient (Wildman–Crippen LogP) is 0.871. The first kappa shape index (κ1) is 5.71. The first-order valence-electron chi connectivity index (χ1n) is 3.54. The van der Waals surface area contributed by atoms with Crippen LogP contribution in [0, 0.1) is 0 Å². The first-order chi connectivity index (χ1) is 4.88. The van der Waals surface area contributed by atoms with Crippen LogP contribution in [0.4, 0.5) is 0 Å². The van der Waals surface area contributed by atoms with Crippen molar-refractivity contribution in [3.8, 4) is 0 Å². The molecule has 2 unspecified atom stereocenters. The molecule has 0 spiro atoms. The van der Waals surface area contributed by atoms with Crippen LogP contribution < -0.4 is 5.32 Å². The van der Waals surface area contributed by atoms with E-state index in [1.54, 1.807) is 0 Å². The zero-order valence-electron chi connectivity index (χ0n) is 5.91. The predicted molar refractivity (Wildman–Crippen MR) is 42.1 cm³/mol. The van der Waals surface area contributed by atoms with Gasteiger partial charge in [-0.15, -0.1) is 0 Å². The summed E-state index contributed by atoms with van der Waals surface area (Å²) in [6.45, 7) is 2.12. The van der Waals surface area contributed by atoms with E-state index in [1.165, 1.54) is 5.57 Å². The van der Waals surface area contributed by atoms with E-state index < -0.39 is 0 Å². The van der Waals surface area contributed by atoms with Crippen molar-refractivity contribution in [2.45, 2.75) is 19.0 Å². The summed E-state index contributed by atoms with van der Waals surface area (Å²) in [5, 5.41) is 3.25. The molecule has 0 aromatic heterocycles. The zero-order valence-corrected chi connectivity index (χ0v) is 5.91. The van der Waals surface area contributed by atoms with Crippen LogP contribution in [-0.4, -0.2) is 18.3 Å². The van der Waals surface area contributed by atoms with Crippen molar-refractivity contribution < 1.29 is 0 Å². The van der Waals surface area contributed by atoms with Crippen molar-refractivity contribution in [2.75, 3.05) is 0 Å². The minimum absolute atomic E-state index is 0.384. The van der Waals surface area contributed by atoms with Crippen LogP contribution in [0.1, 0.15) is 6.92 Å². The Morgan fingerprint density at radius 3 is 3.30 bits per heavy atom. The molecular formula is C8H10N2. The van der Waals surface area contributed by atoms with E-state index in [4.69, 9.17) is 0 Å². The Balaban J connectivity index is 2.31. The lowest BCUT2D eigenvalue weighted by molar-refractivity contribution is 0.583. The highest BCUT2D eigenvalue weighted by Gasteiger charge is 2.22. The summed E-state index contributed by atoms with van der Waals surface area (Å²) >= 11 is 0. The quantitative estimate of drug-likeness (QED) is 0.522. The van der Waals surface area contributed by atoms with Gasteiger partial charge in [-0.25, -0.2) is 0 Å². The fourth-order valence-corrected chi connectivity index (χ4v) is 1.38. The molecule has 0 saturated heterocycles. The first-order valence-corrected chi connectivity index (χ1v) is 3.54. The van der Waals surface area contributed by atoms with Gasteiger partial charge < -0.3 is 5.32 Å². The maximum atomic E-state index is 4.27. The van der Waals surface area contributed by atoms with E-state index >= 15 is 0 Å². The number of allylic oxidation sites excluding steroid dienone is 1. The molecule has 0 bridgehead atoms. The highest BCUT2D eigenvalue weighted by molar-refractivity contribution is 5.75. The number of fused-ring (bicyclic) bond motifs is 1. The van der Waals surface area contributed by atoms with E-state index in [2.05, 4.69) is 29.4 Å². The molecule has 0 radical (unpaired) electrons. The standard InChI is InChI=1S/C8H10N2/c1-6-8-7(2-4-9-6)3-5-10-8/h2-6,8,10H,1H3. The average Bonchev–Trinajstić information content (AvgIpc) is 2.36. The number of aliphatic imine (C=N–C) groups is 1. The topological polar surface area (TPSA) is 24.4 Å². The number of nitrogens with one attached hydrogen (secondary N) is 1. The van der Waals surface area contributed by atoms with Gasteiger partial charge in [-0.3, -0.25) is 4.99 Å². The van der Waals surface area contributed by atoms with Crippen LogP contribution in [-0.2, 0) is 0 Å². The number of hydrogen-bond acceptors (Lipinski definition) is 2. The summed E-state index contributed by atoms with van der Waals surface area (Å²) in [4.78, 5) is 4.27. The zero-order chi connectivity index (χ0) is 6.97. The summed E-state index contributed by atoms with van der Waals surface area (Å²) in [5.74, 6) is 0. The van der Waals surface area contributed by atoms with Crippen molar-refractivity contribution in [2.24, 2.45) is 4.99 Å². The lowest BCUT2D eigenvalue weighted by Crippen LogP contribution is -2.33.